The summed E-state index contributed by atoms with van der Waals surface area (Å²) in [6, 6.07) is 66.3. The third kappa shape index (κ3) is 4.55. The summed E-state index contributed by atoms with van der Waals surface area (Å²) in [5, 5.41) is 7.56. The SMILES string of the molecule is c1ccc(-n2c3ccccc3c3ccc(-c4cccc(N(c5ccc6sc7ccccc7c6c5)c5cccc6ccccc56)c4)cc32)cc1. The zero-order valence-corrected chi connectivity index (χ0v) is 27.4. The molecule has 2 aromatic heterocycles. The molecule has 10 rings (SSSR count). The second kappa shape index (κ2) is 11.2. The second-order valence-electron chi connectivity index (χ2n) is 12.6. The molecule has 0 amide bonds. The van der Waals surface area contributed by atoms with E-state index >= 15 is 0 Å². The van der Waals surface area contributed by atoms with Crippen molar-refractivity contribution in [2.75, 3.05) is 4.90 Å². The highest BCUT2D eigenvalue weighted by atomic mass is 32.1. The normalized spacial score (nSPS) is 11.7. The van der Waals surface area contributed by atoms with Gasteiger partial charge < -0.3 is 9.47 Å². The number of fused-ring (bicyclic) bond motifs is 7. The molecule has 2 nitrogen and oxygen atoms in total. The van der Waals surface area contributed by atoms with Crippen molar-refractivity contribution in [2.45, 2.75) is 0 Å². The predicted molar refractivity (Wildman–Crippen MR) is 211 cm³/mol. The van der Waals surface area contributed by atoms with E-state index in [1.54, 1.807) is 0 Å². The van der Waals surface area contributed by atoms with Gasteiger partial charge >= 0.3 is 0 Å². The molecule has 0 aliphatic heterocycles. The average molecular weight is 643 g/mol. The molecular weight excluding hydrogens is 613 g/mol. The zero-order chi connectivity index (χ0) is 32.3. The van der Waals surface area contributed by atoms with E-state index in [4.69, 9.17) is 0 Å². The first-order chi connectivity index (χ1) is 24.3. The van der Waals surface area contributed by atoms with Crippen molar-refractivity contribution >= 4 is 81.1 Å². The molecule has 0 aliphatic carbocycles. The van der Waals surface area contributed by atoms with Crippen LogP contribution in [0.1, 0.15) is 0 Å². The van der Waals surface area contributed by atoms with E-state index in [0.717, 1.165) is 22.7 Å². The average Bonchev–Trinajstić information content (AvgIpc) is 3.71. The quantitative estimate of drug-likeness (QED) is 0.181. The maximum Gasteiger partial charge on any atom is 0.0547 e. The van der Waals surface area contributed by atoms with Gasteiger partial charge in [0.1, 0.15) is 0 Å². The number of benzene rings is 8. The Morgan fingerprint density at radius 3 is 1.98 bits per heavy atom. The maximum absolute atomic E-state index is 2.43. The van der Waals surface area contributed by atoms with Crippen LogP contribution in [0.15, 0.2) is 182 Å². The van der Waals surface area contributed by atoms with Crippen molar-refractivity contribution in [1.82, 2.24) is 4.57 Å². The minimum Gasteiger partial charge on any atom is -0.310 e. The lowest BCUT2D eigenvalue weighted by Gasteiger charge is -2.27. The van der Waals surface area contributed by atoms with Crippen molar-refractivity contribution in [2.24, 2.45) is 0 Å². The molecular formula is C46H30N2S. The third-order valence-corrected chi connectivity index (χ3v) is 10.9. The number of nitrogens with zero attached hydrogens (tertiary/aromatic N) is 2. The van der Waals surface area contributed by atoms with Crippen LogP contribution in [0.4, 0.5) is 17.1 Å². The summed E-state index contributed by atoms with van der Waals surface area (Å²) >= 11 is 1.86. The molecule has 0 radical (unpaired) electrons. The Balaban J connectivity index is 1.18. The fourth-order valence-corrected chi connectivity index (χ4v) is 8.60. The molecule has 0 saturated carbocycles. The molecule has 0 spiro atoms. The number of hydrogen-bond donors (Lipinski definition) is 0. The number of aromatic nitrogens is 1. The molecule has 0 N–H and O–H groups in total. The van der Waals surface area contributed by atoms with Crippen molar-refractivity contribution in [3.05, 3.63) is 182 Å². The number of thiophene rings is 1. The highest BCUT2D eigenvalue weighted by molar-refractivity contribution is 7.25. The summed E-state index contributed by atoms with van der Waals surface area (Å²) in [4.78, 5) is 2.43. The van der Waals surface area contributed by atoms with Crippen LogP contribution in [-0.4, -0.2) is 4.57 Å². The van der Waals surface area contributed by atoms with E-state index in [9.17, 15) is 0 Å². The molecule has 10 aromatic rings. The molecule has 0 atom stereocenters. The summed E-state index contributed by atoms with van der Waals surface area (Å²) in [7, 11) is 0. The molecule has 8 aromatic carbocycles. The van der Waals surface area contributed by atoms with Crippen molar-refractivity contribution in [3.63, 3.8) is 0 Å². The molecule has 230 valence electrons. The fourth-order valence-electron chi connectivity index (χ4n) is 7.51. The lowest BCUT2D eigenvalue weighted by atomic mass is 10.0. The standard InChI is InChI=1S/C46H30N2S/c1-2-15-34(16-3-1)48-43-21-8-6-19-38(43)39-26-24-33(29-44(39)48)32-14-10-17-35(28-32)47(42-22-11-13-31-12-4-5-18-37(31)42)36-25-27-46-41(30-36)40-20-7-9-23-45(40)49-46/h1-30H. The van der Waals surface area contributed by atoms with E-state index in [1.807, 2.05) is 11.3 Å². The van der Waals surface area contributed by atoms with Crippen LogP contribution in [0.25, 0.3) is 69.6 Å². The predicted octanol–water partition coefficient (Wildman–Crippen LogP) is 13.4. The van der Waals surface area contributed by atoms with Crippen LogP contribution in [0.3, 0.4) is 0 Å². The van der Waals surface area contributed by atoms with Gasteiger partial charge in [-0.1, -0.05) is 115 Å². The fraction of sp³-hybridized carbons (Fsp3) is 0. The van der Waals surface area contributed by atoms with Crippen LogP contribution in [0, 0.1) is 0 Å². The smallest absolute Gasteiger partial charge is 0.0547 e. The van der Waals surface area contributed by atoms with E-state index in [1.165, 1.54) is 63.9 Å². The van der Waals surface area contributed by atoms with E-state index in [0.29, 0.717) is 0 Å². The van der Waals surface area contributed by atoms with Gasteiger partial charge in [-0.25, -0.2) is 0 Å². The van der Waals surface area contributed by atoms with Gasteiger partial charge in [0, 0.05) is 53.4 Å². The first kappa shape index (κ1) is 27.9. The highest BCUT2D eigenvalue weighted by Crippen LogP contribution is 2.44. The van der Waals surface area contributed by atoms with Crippen LogP contribution >= 0.6 is 11.3 Å². The Kier molecular flexibility index (Phi) is 6.39. The van der Waals surface area contributed by atoms with Crippen LogP contribution in [0.2, 0.25) is 0 Å². The molecule has 0 saturated heterocycles. The van der Waals surface area contributed by atoms with Crippen molar-refractivity contribution < 1.29 is 0 Å². The van der Waals surface area contributed by atoms with Crippen LogP contribution in [0.5, 0.6) is 0 Å². The van der Waals surface area contributed by atoms with Gasteiger partial charge in [-0.05, 0) is 83.2 Å². The Morgan fingerprint density at radius 2 is 1.06 bits per heavy atom. The van der Waals surface area contributed by atoms with Gasteiger partial charge in [-0.2, -0.15) is 0 Å². The number of anilines is 3. The zero-order valence-electron chi connectivity index (χ0n) is 26.6. The van der Waals surface area contributed by atoms with Crippen LogP contribution in [-0.2, 0) is 0 Å². The van der Waals surface area contributed by atoms with E-state index in [2.05, 4.69) is 191 Å². The first-order valence-electron chi connectivity index (χ1n) is 16.7. The Labute approximate surface area is 288 Å². The molecule has 0 fully saturated rings. The van der Waals surface area contributed by atoms with Gasteiger partial charge in [0.05, 0.1) is 16.7 Å². The topological polar surface area (TPSA) is 8.17 Å². The van der Waals surface area contributed by atoms with Gasteiger partial charge in [0.15, 0.2) is 0 Å². The molecule has 49 heavy (non-hydrogen) atoms. The van der Waals surface area contributed by atoms with Crippen molar-refractivity contribution in [1.29, 1.82) is 0 Å². The summed E-state index contributed by atoms with van der Waals surface area (Å²) in [6.07, 6.45) is 0. The summed E-state index contributed by atoms with van der Waals surface area (Å²) < 4.78 is 5.01. The molecule has 0 bridgehead atoms. The minimum absolute atomic E-state index is 1.12. The molecule has 3 heteroatoms. The largest absolute Gasteiger partial charge is 0.310 e. The second-order valence-corrected chi connectivity index (χ2v) is 13.7. The van der Waals surface area contributed by atoms with E-state index in [-0.39, 0.29) is 0 Å². The summed E-state index contributed by atoms with van der Waals surface area (Å²) in [5.74, 6) is 0. The van der Waals surface area contributed by atoms with Gasteiger partial charge in [-0.15, -0.1) is 11.3 Å². The first-order valence-corrected chi connectivity index (χ1v) is 17.5. The van der Waals surface area contributed by atoms with Gasteiger partial charge in [0.2, 0.25) is 0 Å². The molecule has 0 aliphatic rings. The van der Waals surface area contributed by atoms with E-state index < -0.39 is 0 Å². The third-order valence-electron chi connectivity index (χ3n) is 9.75. The minimum atomic E-state index is 1.12. The van der Waals surface area contributed by atoms with Gasteiger partial charge in [0.25, 0.3) is 0 Å². The summed E-state index contributed by atoms with van der Waals surface area (Å²) in [5.41, 5.74) is 9.37. The Morgan fingerprint density at radius 1 is 0.388 bits per heavy atom. The highest BCUT2D eigenvalue weighted by Gasteiger charge is 2.18. The maximum atomic E-state index is 2.43. The van der Waals surface area contributed by atoms with Crippen LogP contribution < -0.4 is 4.90 Å². The number of rotatable bonds is 5. The lowest BCUT2D eigenvalue weighted by Crippen LogP contribution is -2.10. The Bertz CT molecular complexity index is 2840. The molecule has 2 heterocycles. The number of para-hydroxylation sites is 2. The van der Waals surface area contributed by atoms with Crippen molar-refractivity contribution in [3.8, 4) is 16.8 Å². The monoisotopic (exact) mass is 642 g/mol. The van der Waals surface area contributed by atoms with Gasteiger partial charge in [-0.3, -0.25) is 0 Å². The molecule has 0 unspecified atom stereocenters. The number of hydrogen-bond acceptors (Lipinski definition) is 2. The lowest BCUT2D eigenvalue weighted by molar-refractivity contribution is 1.18. The summed E-state index contributed by atoms with van der Waals surface area (Å²) in [6.45, 7) is 0. The Hall–Kier alpha value is -6.16.